The Balaban J connectivity index is 1.88. The van der Waals surface area contributed by atoms with Gasteiger partial charge in [-0.2, -0.15) is 5.10 Å². The van der Waals surface area contributed by atoms with Crippen LogP contribution in [0, 0.1) is 6.92 Å². The Bertz CT molecular complexity index is 1160. The van der Waals surface area contributed by atoms with Crippen LogP contribution >= 0.6 is 0 Å². The second kappa shape index (κ2) is 11.7. The number of aryl methyl sites for hydroxylation is 2. The lowest BCUT2D eigenvalue weighted by Crippen LogP contribution is -2.36. The van der Waals surface area contributed by atoms with E-state index in [-0.39, 0.29) is 11.9 Å². The van der Waals surface area contributed by atoms with E-state index in [4.69, 9.17) is 14.2 Å². The van der Waals surface area contributed by atoms with Gasteiger partial charge in [0.25, 0.3) is 5.91 Å². The maximum Gasteiger partial charge on any atom is 0.258 e. The molecule has 0 saturated carbocycles. The molecule has 180 valence electrons. The highest BCUT2D eigenvalue weighted by Crippen LogP contribution is 2.27. The highest BCUT2D eigenvalue weighted by atomic mass is 16.5. The first-order valence-corrected chi connectivity index (χ1v) is 11.0. The van der Waals surface area contributed by atoms with Crippen LogP contribution in [0.3, 0.4) is 0 Å². The summed E-state index contributed by atoms with van der Waals surface area (Å²) in [6.07, 6.45) is 2.98. The first-order chi connectivity index (χ1) is 16.5. The van der Waals surface area contributed by atoms with Crippen LogP contribution in [0.4, 0.5) is 5.69 Å². The molecule has 2 N–H and O–H groups in total. The summed E-state index contributed by atoms with van der Waals surface area (Å²) in [7, 11) is 4.66. The average Bonchev–Trinajstić information content (AvgIpc) is 3.21. The molecule has 0 fully saturated rings. The molecule has 1 aromatic heterocycles. The number of nitrogens with one attached hydrogen (secondary N) is 2. The maximum absolute atomic E-state index is 13.1. The fraction of sp³-hybridized carbons (Fsp3) is 0.320. The number of ether oxygens (including phenoxy) is 3. The highest BCUT2D eigenvalue weighted by molar-refractivity contribution is 6.10. The molecule has 0 bridgehead atoms. The number of guanidine groups is 1. The summed E-state index contributed by atoms with van der Waals surface area (Å²) in [5, 5.41) is 10.6. The predicted octanol–water partition coefficient (Wildman–Crippen LogP) is 4.03. The third kappa shape index (κ3) is 6.06. The zero-order valence-corrected chi connectivity index (χ0v) is 20.2. The number of hydrogen-bond donors (Lipinski definition) is 2. The van der Waals surface area contributed by atoms with Crippen molar-refractivity contribution in [2.75, 3.05) is 26.6 Å². The highest BCUT2D eigenvalue weighted by Gasteiger charge is 2.15. The lowest BCUT2D eigenvalue weighted by atomic mass is 10.2. The number of rotatable bonds is 9. The van der Waals surface area contributed by atoms with Crippen LogP contribution in [0.5, 0.6) is 17.2 Å². The van der Waals surface area contributed by atoms with E-state index in [9.17, 15) is 4.79 Å². The standard InChI is InChI=1S/C25H31N5O4/c1-6-13-30-16-19(17(2)29-30)15-26-25(27-20-9-7-8-10-21(20)32-3)28-24(31)18-11-12-22(33-4)23(14-18)34-5/h7-12,14,16H,6,13,15H2,1-5H3,(H2,26,27,28,31). The van der Waals surface area contributed by atoms with Gasteiger partial charge in [0.2, 0.25) is 5.96 Å². The maximum atomic E-state index is 13.1. The first kappa shape index (κ1) is 24.6. The van der Waals surface area contributed by atoms with Crippen molar-refractivity contribution in [2.24, 2.45) is 4.99 Å². The molecule has 2 aromatic carbocycles. The molecule has 0 spiro atoms. The van der Waals surface area contributed by atoms with Gasteiger partial charge in [0.1, 0.15) is 5.75 Å². The van der Waals surface area contributed by atoms with Crippen molar-refractivity contribution < 1.29 is 19.0 Å². The minimum Gasteiger partial charge on any atom is -0.495 e. The third-order valence-corrected chi connectivity index (χ3v) is 5.15. The number of para-hydroxylation sites is 2. The van der Waals surface area contributed by atoms with E-state index in [1.165, 1.54) is 7.11 Å². The van der Waals surface area contributed by atoms with Crippen molar-refractivity contribution in [3.8, 4) is 17.2 Å². The molecule has 3 aromatic rings. The summed E-state index contributed by atoms with van der Waals surface area (Å²) < 4.78 is 17.9. The van der Waals surface area contributed by atoms with Gasteiger partial charge in [0.15, 0.2) is 11.5 Å². The number of aromatic nitrogens is 2. The van der Waals surface area contributed by atoms with Crippen LogP contribution in [-0.2, 0) is 13.1 Å². The minimum absolute atomic E-state index is 0.284. The lowest BCUT2D eigenvalue weighted by molar-refractivity contribution is 0.0976. The number of carbonyl (C=O) groups is 1. The largest absolute Gasteiger partial charge is 0.495 e. The second-order valence-electron chi connectivity index (χ2n) is 7.52. The van der Waals surface area contributed by atoms with Crippen molar-refractivity contribution in [3.63, 3.8) is 0 Å². The van der Waals surface area contributed by atoms with Gasteiger partial charge in [-0.3, -0.25) is 14.8 Å². The molecule has 0 aliphatic carbocycles. The van der Waals surface area contributed by atoms with Crippen LogP contribution in [0.2, 0.25) is 0 Å². The number of amides is 1. The Kier molecular flexibility index (Phi) is 8.50. The van der Waals surface area contributed by atoms with Crippen LogP contribution in [-0.4, -0.2) is 43.0 Å². The Labute approximate surface area is 199 Å². The van der Waals surface area contributed by atoms with Crippen LogP contribution in [0.1, 0.15) is 35.0 Å². The van der Waals surface area contributed by atoms with Gasteiger partial charge in [-0.05, 0) is 43.7 Å². The zero-order chi connectivity index (χ0) is 24.5. The molecule has 9 heteroatoms. The number of carbonyl (C=O) groups excluding carboxylic acids is 1. The minimum atomic E-state index is -0.347. The number of hydrogen-bond acceptors (Lipinski definition) is 6. The molecule has 0 radical (unpaired) electrons. The second-order valence-corrected chi connectivity index (χ2v) is 7.52. The lowest BCUT2D eigenvalue weighted by Gasteiger charge is -2.15. The topological polar surface area (TPSA) is 99.0 Å². The number of aliphatic imine (C=N–C) groups is 1. The Morgan fingerprint density at radius 1 is 1.03 bits per heavy atom. The van der Waals surface area contributed by atoms with Crippen molar-refractivity contribution in [2.45, 2.75) is 33.4 Å². The SMILES string of the molecule is CCCn1cc(CN=C(NC(=O)c2ccc(OC)c(OC)c2)Nc2ccccc2OC)c(C)n1. The molecule has 1 heterocycles. The third-order valence-electron chi connectivity index (χ3n) is 5.15. The van der Waals surface area contributed by atoms with Gasteiger partial charge in [-0.1, -0.05) is 19.1 Å². The molecule has 0 aliphatic heterocycles. The smallest absolute Gasteiger partial charge is 0.258 e. The van der Waals surface area contributed by atoms with Crippen molar-refractivity contribution in [3.05, 3.63) is 65.5 Å². The molecule has 0 unspecified atom stereocenters. The van der Waals surface area contributed by atoms with E-state index in [1.807, 2.05) is 42.1 Å². The van der Waals surface area contributed by atoms with Crippen LogP contribution in [0.25, 0.3) is 0 Å². The van der Waals surface area contributed by atoms with Gasteiger partial charge in [0, 0.05) is 23.9 Å². The van der Waals surface area contributed by atoms with Gasteiger partial charge in [-0.25, -0.2) is 4.99 Å². The molecule has 0 saturated heterocycles. The molecule has 3 rings (SSSR count). The van der Waals surface area contributed by atoms with Gasteiger partial charge < -0.3 is 19.5 Å². The predicted molar refractivity (Wildman–Crippen MR) is 132 cm³/mol. The number of anilines is 1. The Morgan fingerprint density at radius 3 is 2.47 bits per heavy atom. The monoisotopic (exact) mass is 465 g/mol. The fourth-order valence-corrected chi connectivity index (χ4v) is 3.37. The summed E-state index contributed by atoms with van der Waals surface area (Å²) in [6.45, 7) is 5.24. The summed E-state index contributed by atoms with van der Waals surface area (Å²) in [6, 6.07) is 12.4. The van der Waals surface area contributed by atoms with E-state index in [0.717, 1.165) is 24.2 Å². The van der Waals surface area contributed by atoms with Crippen molar-refractivity contribution in [1.29, 1.82) is 0 Å². The van der Waals surface area contributed by atoms with E-state index in [2.05, 4.69) is 27.6 Å². The van der Waals surface area contributed by atoms with Crippen molar-refractivity contribution >= 4 is 17.6 Å². The Hall–Kier alpha value is -4.01. The molecule has 34 heavy (non-hydrogen) atoms. The number of nitrogens with zero attached hydrogens (tertiary/aromatic N) is 3. The average molecular weight is 466 g/mol. The van der Waals surface area contributed by atoms with E-state index in [0.29, 0.717) is 35.0 Å². The van der Waals surface area contributed by atoms with E-state index < -0.39 is 0 Å². The van der Waals surface area contributed by atoms with E-state index in [1.54, 1.807) is 32.4 Å². The summed E-state index contributed by atoms with van der Waals surface area (Å²) in [5.41, 5.74) is 2.96. The zero-order valence-electron chi connectivity index (χ0n) is 20.2. The molecule has 9 nitrogen and oxygen atoms in total. The summed E-state index contributed by atoms with van der Waals surface area (Å²) in [5.74, 6) is 1.57. The van der Waals surface area contributed by atoms with Crippen LogP contribution in [0.15, 0.2) is 53.7 Å². The molecular formula is C25H31N5O4. The molecule has 0 atom stereocenters. The fourth-order valence-electron chi connectivity index (χ4n) is 3.37. The van der Waals surface area contributed by atoms with Gasteiger partial charge in [0.05, 0.1) is 39.3 Å². The Morgan fingerprint density at radius 2 is 1.76 bits per heavy atom. The summed E-state index contributed by atoms with van der Waals surface area (Å²) in [4.78, 5) is 17.7. The molecular weight excluding hydrogens is 434 g/mol. The number of methoxy groups -OCH3 is 3. The van der Waals surface area contributed by atoms with Crippen LogP contribution < -0.4 is 24.8 Å². The number of benzene rings is 2. The quantitative estimate of drug-likeness (QED) is 0.366. The summed E-state index contributed by atoms with van der Waals surface area (Å²) >= 11 is 0. The molecule has 0 aliphatic rings. The first-order valence-electron chi connectivity index (χ1n) is 11.0. The normalized spacial score (nSPS) is 11.1. The van der Waals surface area contributed by atoms with Gasteiger partial charge in [-0.15, -0.1) is 0 Å². The molecule has 1 amide bonds. The van der Waals surface area contributed by atoms with Gasteiger partial charge >= 0.3 is 0 Å². The van der Waals surface area contributed by atoms with E-state index >= 15 is 0 Å². The van der Waals surface area contributed by atoms with Crippen molar-refractivity contribution in [1.82, 2.24) is 15.1 Å².